The van der Waals surface area contributed by atoms with E-state index in [1.54, 1.807) is 11.8 Å². The molecule has 0 aromatic heterocycles. The van der Waals surface area contributed by atoms with Crippen molar-refractivity contribution in [2.75, 3.05) is 5.75 Å². The fourth-order valence-electron chi connectivity index (χ4n) is 2.97. The van der Waals surface area contributed by atoms with Crippen molar-refractivity contribution in [3.63, 3.8) is 0 Å². The van der Waals surface area contributed by atoms with Gasteiger partial charge in [0.15, 0.2) is 5.17 Å². The van der Waals surface area contributed by atoms with E-state index in [-0.39, 0.29) is 18.0 Å². The van der Waals surface area contributed by atoms with Crippen LogP contribution in [-0.2, 0) is 4.79 Å². The van der Waals surface area contributed by atoms with Crippen molar-refractivity contribution in [3.8, 4) is 0 Å². The van der Waals surface area contributed by atoms with Gasteiger partial charge < -0.3 is 0 Å². The number of thioether (sulfide) groups is 1. The Labute approximate surface area is 127 Å². The number of fused-ring (bicyclic) bond motifs is 1. The number of nitrogens with zero attached hydrogens (tertiary/aromatic N) is 2. The van der Waals surface area contributed by atoms with Crippen LogP contribution in [0.2, 0.25) is 0 Å². The van der Waals surface area contributed by atoms with Gasteiger partial charge in [0, 0.05) is 0 Å². The summed E-state index contributed by atoms with van der Waals surface area (Å²) in [5.41, 5.74) is 2.29. The van der Waals surface area contributed by atoms with Crippen LogP contribution in [0.25, 0.3) is 0 Å². The van der Waals surface area contributed by atoms with E-state index >= 15 is 0 Å². The molecular formula is C17H14N2OS. The Morgan fingerprint density at radius 2 is 1.57 bits per heavy atom. The maximum Gasteiger partial charge on any atom is 0.239 e. The second-order valence-corrected chi connectivity index (χ2v) is 6.12. The van der Waals surface area contributed by atoms with E-state index in [0.29, 0.717) is 5.75 Å². The van der Waals surface area contributed by atoms with E-state index in [4.69, 9.17) is 4.99 Å². The number of amides is 1. The molecule has 1 amide bonds. The SMILES string of the molecule is O=C1CSC2=NC(c3ccccc3)C(c3ccccc3)N12. The summed E-state index contributed by atoms with van der Waals surface area (Å²) >= 11 is 1.54. The lowest BCUT2D eigenvalue weighted by molar-refractivity contribution is -0.125. The number of carbonyl (C=O) groups is 1. The number of amidine groups is 1. The first-order chi connectivity index (χ1) is 10.3. The Morgan fingerprint density at radius 3 is 2.24 bits per heavy atom. The Kier molecular flexibility index (Phi) is 3.04. The van der Waals surface area contributed by atoms with Gasteiger partial charge in [0.25, 0.3) is 0 Å². The third-order valence-electron chi connectivity index (χ3n) is 3.91. The number of benzene rings is 2. The summed E-state index contributed by atoms with van der Waals surface area (Å²) in [6.07, 6.45) is 0. The molecule has 3 nitrogen and oxygen atoms in total. The average molecular weight is 294 g/mol. The molecule has 0 aliphatic carbocycles. The van der Waals surface area contributed by atoms with Gasteiger partial charge in [0.05, 0.1) is 11.8 Å². The molecule has 4 rings (SSSR count). The van der Waals surface area contributed by atoms with Gasteiger partial charge in [0.1, 0.15) is 6.04 Å². The first-order valence-electron chi connectivity index (χ1n) is 6.97. The van der Waals surface area contributed by atoms with Crippen LogP contribution in [0.15, 0.2) is 65.7 Å². The number of rotatable bonds is 2. The minimum atomic E-state index is -0.0221. The summed E-state index contributed by atoms with van der Waals surface area (Å²) in [6.45, 7) is 0. The standard InChI is InChI=1S/C17H14N2OS/c20-14-11-21-17-18-15(12-7-3-1-4-8-12)16(19(14)17)13-9-5-2-6-10-13/h1-10,15-16H,11H2. The molecule has 21 heavy (non-hydrogen) atoms. The summed E-state index contributed by atoms with van der Waals surface area (Å²) in [6, 6.07) is 20.4. The van der Waals surface area contributed by atoms with Crippen LogP contribution in [0.1, 0.15) is 23.2 Å². The van der Waals surface area contributed by atoms with Gasteiger partial charge in [-0.25, -0.2) is 0 Å². The zero-order valence-electron chi connectivity index (χ0n) is 11.3. The molecule has 0 N–H and O–H groups in total. The second kappa shape index (κ2) is 5.04. The molecule has 0 saturated carbocycles. The van der Waals surface area contributed by atoms with Crippen molar-refractivity contribution in [3.05, 3.63) is 71.8 Å². The van der Waals surface area contributed by atoms with E-state index in [9.17, 15) is 4.79 Å². The van der Waals surface area contributed by atoms with Crippen LogP contribution in [0.4, 0.5) is 0 Å². The van der Waals surface area contributed by atoms with Crippen molar-refractivity contribution in [2.45, 2.75) is 12.1 Å². The molecule has 2 aromatic rings. The molecule has 0 radical (unpaired) electrons. The zero-order chi connectivity index (χ0) is 14.2. The lowest BCUT2D eigenvalue weighted by atomic mass is 9.94. The van der Waals surface area contributed by atoms with Gasteiger partial charge in [-0.2, -0.15) is 0 Å². The molecule has 2 atom stereocenters. The highest BCUT2D eigenvalue weighted by Gasteiger charge is 2.45. The Bertz CT molecular complexity index is 699. The molecule has 0 bridgehead atoms. The van der Waals surface area contributed by atoms with Gasteiger partial charge in [-0.3, -0.25) is 14.7 Å². The molecule has 2 aromatic carbocycles. The monoisotopic (exact) mass is 294 g/mol. The predicted octanol–water partition coefficient (Wildman–Crippen LogP) is 3.41. The maximum absolute atomic E-state index is 12.2. The van der Waals surface area contributed by atoms with Crippen molar-refractivity contribution >= 4 is 22.8 Å². The van der Waals surface area contributed by atoms with Gasteiger partial charge in [0.2, 0.25) is 5.91 Å². The number of hydrogen-bond acceptors (Lipinski definition) is 3. The predicted molar refractivity (Wildman–Crippen MR) is 85.1 cm³/mol. The molecule has 2 unspecified atom stereocenters. The first-order valence-corrected chi connectivity index (χ1v) is 7.96. The van der Waals surface area contributed by atoms with Crippen LogP contribution in [0.5, 0.6) is 0 Å². The topological polar surface area (TPSA) is 32.7 Å². The van der Waals surface area contributed by atoms with Crippen molar-refractivity contribution in [2.24, 2.45) is 4.99 Å². The third kappa shape index (κ3) is 2.07. The minimum absolute atomic E-state index is 0.0136. The molecule has 104 valence electrons. The molecule has 4 heteroatoms. The Balaban J connectivity index is 1.82. The van der Waals surface area contributed by atoms with E-state index in [1.807, 2.05) is 41.3 Å². The van der Waals surface area contributed by atoms with Crippen LogP contribution in [0.3, 0.4) is 0 Å². The van der Waals surface area contributed by atoms with Gasteiger partial charge >= 0.3 is 0 Å². The number of hydrogen-bond donors (Lipinski definition) is 0. The third-order valence-corrected chi connectivity index (χ3v) is 4.86. The number of aliphatic imine (C=N–C) groups is 1. The summed E-state index contributed by atoms with van der Waals surface area (Å²) in [4.78, 5) is 18.9. The van der Waals surface area contributed by atoms with E-state index < -0.39 is 0 Å². The van der Waals surface area contributed by atoms with Crippen LogP contribution < -0.4 is 0 Å². The van der Waals surface area contributed by atoms with E-state index in [0.717, 1.165) is 16.3 Å². The summed E-state index contributed by atoms with van der Waals surface area (Å²) < 4.78 is 0. The highest BCUT2D eigenvalue weighted by molar-refractivity contribution is 8.15. The van der Waals surface area contributed by atoms with Gasteiger partial charge in [-0.15, -0.1) is 0 Å². The Hall–Kier alpha value is -2.07. The molecule has 2 heterocycles. The fourth-order valence-corrected chi connectivity index (χ4v) is 3.90. The molecular weight excluding hydrogens is 280 g/mol. The van der Waals surface area contributed by atoms with Gasteiger partial charge in [-0.1, -0.05) is 72.4 Å². The minimum Gasteiger partial charge on any atom is -0.281 e. The molecule has 2 aliphatic heterocycles. The average Bonchev–Trinajstić information content (AvgIpc) is 3.09. The van der Waals surface area contributed by atoms with E-state index in [1.165, 1.54) is 0 Å². The smallest absolute Gasteiger partial charge is 0.239 e. The fraction of sp³-hybridized carbons (Fsp3) is 0.176. The van der Waals surface area contributed by atoms with Crippen LogP contribution in [0, 0.1) is 0 Å². The van der Waals surface area contributed by atoms with Crippen molar-refractivity contribution in [1.82, 2.24) is 4.90 Å². The van der Waals surface area contributed by atoms with Crippen LogP contribution in [-0.4, -0.2) is 21.7 Å². The summed E-state index contributed by atoms with van der Waals surface area (Å²) in [5, 5.41) is 0.864. The van der Waals surface area contributed by atoms with Gasteiger partial charge in [-0.05, 0) is 11.1 Å². The second-order valence-electron chi connectivity index (χ2n) is 5.18. The first kappa shape index (κ1) is 12.7. The molecule has 0 spiro atoms. The molecule has 2 aliphatic rings. The zero-order valence-corrected chi connectivity index (χ0v) is 12.2. The Morgan fingerprint density at radius 1 is 0.952 bits per heavy atom. The van der Waals surface area contributed by atoms with E-state index in [2.05, 4.69) is 24.3 Å². The van der Waals surface area contributed by atoms with Crippen molar-refractivity contribution < 1.29 is 4.79 Å². The lowest BCUT2D eigenvalue weighted by Crippen LogP contribution is -2.31. The highest BCUT2D eigenvalue weighted by atomic mass is 32.2. The molecule has 1 saturated heterocycles. The largest absolute Gasteiger partial charge is 0.281 e. The van der Waals surface area contributed by atoms with Crippen molar-refractivity contribution in [1.29, 1.82) is 0 Å². The summed E-state index contributed by atoms with van der Waals surface area (Å²) in [7, 11) is 0. The van der Waals surface area contributed by atoms with Crippen LogP contribution >= 0.6 is 11.8 Å². The number of carbonyl (C=O) groups excluding carboxylic acids is 1. The lowest BCUT2D eigenvalue weighted by Gasteiger charge is -2.25. The quantitative estimate of drug-likeness (QED) is 0.850. The molecule has 1 fully saturated rings. The highest BCUT2D eigenvalue weighted by Crippen LogP contribution is 2.46. The maximum atomic E-state index is 12.2. The normalized spacial score (nSPS) is 24.1. The summed E-state index contributed by atoms with van der Waals surface area (Å²) in [5.74, 6) is 0.662.